The van der Waals surface area contributed by atoms with Crippen LogP contribution < -0.4 is 10.3 Å². The maximum atomic E-state index is 14.2. The van der Waals surface area contributed by atoms with Gasteiger partial charge in [0.25, 0.3) is 5.91 Å². The van der Waals surface area contributed by atoms with Crippen molar-refractivity contribution >= 4 is 27.2 Å². The second-order valence-corrected chi connectivity index (χ2v) is 10.7. The summed E-state index contributed by atoms with van der Waals surface area (Å²) in [6.45, 7) is 1.17. The monoisotopic (exact) mass is 473 g/mol. The van der Waals surface area contributed by atoms with Gasteiger partial charge in [-0.05, 0) is 30.5 Å². The molecule has 12 heteroatoms. The fourth-order valence-electron chi connectivity index (χ4n) is 4.47. The number of carbonyl (C=O) groups is 1. The molecule has 3 aromatic heterocycles. The molecule has 0 aliphatic carbocycles. The number of nitrogens with one attached hydrogen (secondary N) is 1. The predicted molar refractivity (Wildman–Crippen MR) is 119 cm³/mol. The number of pyridine rings is 1. The van der Waals surface area contributed by atoms with Crippen LogP contribution >= 0.6 is 0 Å². The molecule has 0 unspecified atom stereocenters. The van der Waals surface area contributed by atoms with E-state index in [1.54, 1.807) is 11.2 Å². The summed E-state index contributed by atoms with van der Waals surface area (Å²) in [6, 6.07) is 3.26. The van der Waals surface area contributed by atoms with Gasteiger partial charge in [-0.3, -0.25) is 15.2 Å². The number of hydrogen-bond donors (Lipinski definition) is 1. The third-order valence-electron chi connectivity index (χ3n) is 6.09. The zero-order valence-corrected chi connectivity index (χ0v) is 18.9. The number of anilines is 1. The Morgan fingerprint density at radius 2 is 2.12 bits per heavy atom. The molecule has 33 heavy (non-hydrogen) atoms. The van der Waals surface area contributed by atoms with Crippen LogP contribution in [0.1, 0.15) is 40.5 Å². The van der Waals surface area contributed by atoms with Crippen LogP contribution in [0.5, 0.6) is 0 Å². The molecule has 2 aliphatic rings. The highest BCUT2D eigenvalue weighted by atomic mass is 32.2. The number of halogens is 1. The van der Waals surface area contributed by atoms with E-state index in [-0.39, 0.29) is 23.9 Å². The second kappa shape index (κ2) is 8.34. The van der Waals surface area contributed by atoms with E-state index in [1.165, 1.54) is 23.0 Å². The first kappa shape index (κ1) is 21.7. The highest BCUT2D eigenvalue weighted by Crippen LogP contribution is 2.37. The number of amides is 1. The lowest BCUT2D eigenvalue weighted by Gasteiger charge is -2.28. The van der Waals surface area contributed by atoms with E-state index < -0.39 is 21.6 Å². The zero-order chi connectivity index (χ0) is 23.2. The van der Waals surface area contributed by atoms with Crippen molar-refractivity contribution in [2.75, 3.05) is 36.5 Å². The van der Waals surface area contributed by atoms with Crippen molar-refractivity contribution in [2.24, 2.45) is 0 Å². The van der Waals surface area contributed by atoms with Crippen molar-refractivity contribution in [1.29, 1.82) is 0 Å². The van der Waals surface area contributed by atoms with Crippen LogP contribution in [0, 0.1) is 5.82 Å². The maximum absolute atomic E-state index is 14.2. The summed E-state index contributed by atoms with van der Waals surface area (Å²) in [4.78, 5) is 24.3. The van der Waals surface area contributed by atoms with Crippen molar-refractivity contribution in [3.05, 3.63) is 53.4 Å². The summed E-state index contributed by atoms with van der Waals surface area (Å²) >= 11 is 0. The van der Waals surface area contributed by atoms with Crippen molar-refractivity contribution in [1.82, 2.24) is 30.0 Å². The van der Waals surface area contributed by atoms with Crippen LogP contribution in [0.2, 0.25) is 0 Å². The molecule has 1 atom stereocenters. The standard InChI is InChI=1S/C21H24FN7O3S/c1-33(31,32)10-9-27-7-4-17-15(11-14(22)12-23-17)18-3-2-6-28(18)19-5-8-29-20(25-19)16(13-24-29)21(30)26-27/h5,8,11-13,18H,2-4,6-7,9-10H2,1H3,(H,26,30)/t18-/m1/s1. The minimum Gasteiger partial charge on any atom is -0.349 e. The van der Waals surface area contributed by atoms with Gasteiger partial charge in [-0.15, -0.1) is 0 Å². The molecule has 0 spiro atoms. The van der Waals surface area contributed by atoms with Gasteiger partial charge in [0.15, 0.2) is 5.65 Å². The Morgan fingerprint density at radius 1 is 1.27 bits per heavy atom. The molecule has 2 aliphatic heterocycles. The summed E-state index contributed by atoms with van der Waals surface area (Å²) in [5.41, 5.74) is 4.99. The van der Waals surface area contributed by atoms with Gasteiger partial charge in [-0.25, -0.2) is 27.3 Å². The molecular weight excluding hydrogens is 449 g/mol. The van der Waals surface area contributed by atoms with Gasteiger partial charge >= 0.3 is 0 Å². The number of aromatic nitrogens is 4. The molecule has 5 rings (SSSR count). The molecule has 2 bridgehead atoms. The van der Waals surface area contributed by atoms with E-state index in [2.05, 4.69) is 20.4 Å². The molecule has 174 valence electrons. The van der Waals surface area contributed by atoms with Crippen LogP contribution in [-0.2, 0) is 16.3 Å². The smallest absolute Gasteiger partial charge is 0.271 e. The highest BCUT2D eigenvalue weighted by molar-refractivity contribution is 7.90. The van der Waals surface area contributed by atoms with Gasteiger partial charge in [0.05, 0.1) is 24.2 Å². The summed E-state index contributed by atoms with van der Waals surface area (Å²) in [5.74, 6) is -0.269. The molecule has 3 aromatic rings. The Morgan fingerprint density at radius 3 is 2.94 bits per heavy atom. The number of carbonyl (C=O) groups excluding carboxylic acids is 1. The summed E-state index contributed by atoms with van der Waals surface area (Å²) in [5, 5.41) is 5.79. The van der Waals surface area contributed by atoms with Gasteiger partial charge in [0.1, 0.15) is 27.0 Å². The van der Waals surface area contributed by atoms with E-state index in [9.17, 15) is 17.6 Å². The number of hydrazine groups is 1. The van der Waals surface area contributed by atoms with E-state index in [0.29, 0.717) is 24.4 Å². The van der Waals surface area contributed by atoms with Crippen LogP contribution in [0.3, 0.4) is 0 Å². The molecule has 0 aromatic carbocycles. The Labute approximate surface area is 190 Å². The molecule has 1 saturated heterocycles. The van der Waals surface area contributed by atoms with E-state index in [4.69, 9.17) is 4.98 Å². The van der Waals surface area contributed by atoms with Gasteiger partial charge in [0.2, 0.25) is 0 Å². The lowest BCUT2D eigenvalue weighted by Crippen LogP contribution is -2.45. The van der Waals surface area contributed by atoms with Gasteiger partial charge < -0.3 is 4.90 Å². The fraction of sp³-hybridized carbons (Fsp3) is 0.429. The molecular formula is C21H24FN7O3S. The van der Waals surface area contributed by atoms with E-state index >= 15 is 0 Å². The third kappa shape index (κ3) is 4.40. The summed E-state index contributed by atoms with van der Waals surface area (Å²) in [7, 11) is -3.24. The number of hydrogen-bond acceptors (Lipinski definition) is 8. The second-order valence-electron chi connectivity index (χ2n) is 8.46. The van der Waals surface area contributed by atoms with Crippen molar-refractivity contribution in [3.8, 4) is 0 Å². The molecule has 10 nitrogen and oxygen atoms in total. The molecule has 0 saturated carbocycles. The number of fused-ring (bicyclic) bond motifs is 5. The van der Waals surface area contributed by atoms with E-state index in [1.807, 2.05) is 6.07 Å². The van der Waals surface area contributed by atoms with Gasteiger partial charge in [0, 0.05) is 44.2 Å². The number of nitrogens with zero attached hydrogens (tertiary/aromatic N) is 6. The topological polar surface area (TPSA) is 113 Å². The number of rotatable bonds is 3. The SMILES string of the molecule is CS(=O)(=O)CCN1CCc2ncc(F)cc2[C@H]2CCCN2c2ccn3ncc(c3n2)C(=O)N1. The molecule has 1 N–H and O–H groups in total. The predicted octanol–water partition coefficient (Wildman–Crippen LogP) is 1.15. The minimum absolute atomic E-state index is 0.0987. The van der Waals surface area contributed by atoms with Gasteiger partial charge in [-0.2, -0.15) is 5.10 Å². The molecule has 0 radical (unpaired) electrons. The molecule has 1 amide bonds. The molecule has 1 fully saturated rings. The lowest BCUT2D eigenvalue weighted by molar-refractivity contribution is 0.0800. The Kier molecular flexibility index (Phi) is 5.49. The number of sulfone groups is 1. The van der Waals surface area contributed by atoms with Crippen LogP contribution in [0.25, 0.3) is 5.65 Å². The first-order valence-electron chi connectivity index (χ1n) is 10.8. The Balaban J connectivity index is 1.61. The lowest BCUT2D eigenvalue weighted by atomic mass is 10.0. The third-order valence-corrected chi connectivity index (χ3v) is 7.01. The minimum atomic E-state index is -3.24. The van der Waals surface area contributed by atoms with Crippen LogP contribution in [-0.4, -0.2) is 70.6 Å². The quantitative estimate of drug-likeness (QED) is 0.603. The first-order valence-corrected chi connectivity index (χ1v) is 12.8. The largest absolute Gasteiger partial charge is 0.349 e. The Bertz CT molecular complexity index is 1330. The van der Waals surface area contributed by atoms with Gasteiger partial charge in [-0.1, -0.05) is 0 Å². The first-order chi connectivity index (χ1) is 15.8. The van der Waals surface area contributed by atoms with Crippen LogP contribution in [0.4, 0.5) is 10.2 Å². The van der Waals surface area contributed by atoms with Crippen molar-refractivity contribution in [2.45, 2.75) is 25.3 Å². The fourth-order valence-corrected chi connectivity index (χ4v) is 5.02. The average Bonchev–Trinajstić information content (AvgIpc) is 3.41. The van der Waals surface area contributed by atoms with E-state index in [0.717, 1.165) is 36.9 Å². The highest BCUT2D eigenvalue weighted by Gasteiger charge is 2.31. The normalized spacial score (nSPS) is 19.5. The van der Waals surface area contributed by atoms with Crippen molar-refractivity contribution < 1.29 is 17.6 Å². The van der Waals surface area contributed by atoms with Crippen LogP contribution in [0.15, 0.2) is 30.7 Å². The summed E-state index contributed by atoms with van der Waals surface area (Å²) < 4.78 is 39.3. The zero-order valence-electron chi connectivity index (χ0n) is 18.1. The average molecular weight is 474 g/mol. The molecule has 5 heterocycles. The summed E-state index contributed by atoms with van der Waals surface area (Å²) in [6.07, 6.45) is 7.70. The van der Waals surface area contributed by atoms with Crippen molar-refractivity contribution in [3.63, 3.8) is 0 Å². The maximum Gasteiger partial charge on any atom is 0.271 e. The Hall–Kier alpha value is -3.12.